The summed E-state index contributed by atoms with van der Waals surface area (Å²) in [4.78, 5) is 0. The molecule has 2 N–H and O–H groups in total. The zero-order valence-electron chi connectivity index (χ0n) is 10.4. The average molecular weight is 320 g/mol. The van der Waals surface area contributed by atoms with Crippen molar-refractivity contribution in [2.75, 3.05) is 0 Å². The molecule has 0 heterocycles. The van der Waals surface area contributed by atoms with Gasteiger partial charge in [0.05, 0.1) is 4.47 Å². The molecule has 0 bridgehead atoms. The van der Waals surface area contributed by atoms with Crippen LogP contribution in [0.1, 0.15) is 22.7 Å². The number of hydrogen-bond acceptors (Lipinski definition) is 1. The smallest absolute Gasteiger partial charge is 0.142 e. The molecule has 19 heavy (non-hydrogen) atoms. The lowest BCUT2D eigenvalue weighted by Crippen LogP contribution is -2.23. The summed E-state index contributed by atoms with van der Waals surface area (Å²) in [6, 6.07) is 13.4. The predicted molar refractivity (Wildman–Crippen MR) is 78.4 cm³/mol. The lowest BCUT2D eigenvalue weighted by atomic mass is 9.91. The van der Waals surface area contributed by atoms with Crippen molar-refractivity contribution < 1.29 is 4.39 Å². The maximum atomic E-state index is 14.1. The second kappa shape index (κ2) is 5.06. The average Bonchev–Trinajstić information content (AvgIpc) is 2.85. The van der Waals surface area contributed by atoms with Crippen molar-refractivity contribution in [2.24, 2.45) is 11.7 Å². The van der Waals surface area contributed by atoms with Crippen molar-refractivity contribution in [1.29, 1.82) is 0 Å². The molecule has 2 aromatic rings. The topological polar surface area (TPSA) is 26.0 Å². The summed E-state index contributed by atoms with van der Waals surface area (Å²) >= 11 is 3.22. The fraction of sp³-hybridized carbons (Fsp3) is 0.250. The fourth-order valence-electron chi connectivity index (χ4n) is 2.88. The fourth-order valence-corrected chi connectivity index (χ4v) is 3.26. The second-order valence-corrected chi connectivity index (χ2v) is 5.96. The van der Waals surface area contributed by atoms with E-state index in [9.17, 15) is 4.39 Å². The maximum absolute atomic E-state index is 14.1. The summed E-state index contributed by atoms with van der Waals surface area (Å²) in [6.07, 6.45) is 1.87. The molecule has 1 unspecified atom stereocenters. The summed E-state index contributed by atoms with van der Waals surface area (Å²) in [6.45, 7) is 0. The predicted octanol–water partition coefficient (Wildman–Crippen LogP) is 4.00. The Kier molecular flexibility index (Phi) is 3.42. The van der Waals surface area contributed by atoms with Crippen molar-refractivity contribution >= 4 is 15.9 Å². The van der Waals surface area contributed by atoms with Crippen molar-refractivity contribution in [3.05, 3.63) is 69.4 Å². The lowest BCUT2D eigenvalue weighted by molar-refractivity contribution is 0.435. The molecule has 0 aliphatic heterocycles. The largest absolute Gasteiger partial charge is 0.324 e. The van der Waals surface area contributed by atoms with Gasteiger partial charge in [-0.25, -0.2) is 4.39 Å². The van der Waals surface area contributed by atoms with Gasteiger partial charge in [0.25, 0.3) is 0 Å². The van der Waals surface area contributed by atoms with Crippen LogP contribution in [0.2, 0.25) is 0 Å². The Labute approximate surface area is 120 Å². The minimum Gasteiger partial charge on any atom is -0.324 e. The van der Waals surface area contributed by atoms with E-state index in [2.05, 4.69) is 28.1 Å². The maximum Gasteiger partial charge on any atom is 0.142 e. The van der Waals surface area contributed by atoms with Crippen LogP contribution in [0.25, 0.3) is 0 Å². The first-order chi connectivity index (χ1) is 9.16. The molecule has 0 radical (unpaired) electrons. The van der Waals surface area contributed by atoms with Crippen molar-refractivity contribution in [2.45, 2.75) is 18.9 Å². The Hall–Kier alpha value is -1.19. The van der Waals surface area contributed by atoms with Gasteiger partial charge in [-0.05, 0) is 51.9 Å². The van der Waals surface area contributed by atoms with Gasteiger partial charge in [-0.1, -0.05) is 36.4 Å². The molecule has 1 aliphatic carbocycles. The van der Waals surface area contributed by atoms with Crippen LogP contribution in [-0.2, 0) is 12.8 Å². The molecule has 1 atom stereocenters. The number of hydrogen-bond donors (Lipinski definition) is 1. The minimum atomic E-state index is -0.259. The molecule has 2 aromatic carbocycles. The summed E-state index contributed by atoms with van der Waals surface area (Å²) < 4.78 is 14.6. The highest BCUT2D eigenvalue weighted by molar-refractivity contribution is 9.10. The molecular formula is C16H15BrFN. The summed E-state index contributed by atoms with van der Waals surface area (Å²) in [7, 11) is 0. The highest BCUT2D eigenvalue weighted by atomic mass is 79.9. The van der Waals surface area contributed by atoms with Gasteiger partial charge in [0, 0.05) is 11.6 Å². The zero-order chi connectivity index (χ0) is 13.4. The van der Waals surface area contributed by atoms with Gasteiger partial charge in [-0.3, -0.25) is 0 Å². The van der Waals surface area contributed by atoms with Crippen molar-refractivity contribution in [3.63, 3.8) is 0 Å². The van der Waals surface area contributed by atoms with Crippen LogP contribution in [0.3, 0.4) is 0 Å². The first-order valence-electron chi connectivity index (χ1n) is 6.43. The molecule has 3 rings (SSSR count). The molecule has 1 aliphatic rings. The van der Waals surface area contributed by atoms with E-state index in [1.807, 2.05) is 18.2 Å². The monoisotopic (exact) mass is 319 g/mol. The molecule has 3 heteroatoms. The van der Waals surface area contributed by atoms with Gasteiger partial charge in [0.2, 0.25) is 0 Å². The molecule has 1 nitrogen and oxygen atoms in total. The van der Waals surface area contributed by atoms with Crippen LogP contribution in [0, 0.1) is 11.7 Å². The van der Waals surface area contributed by atoms with E-state index in [-0.39, 0.29) is 17.8 Å². The molecular weight excluding hydrogens is 305 g/mol. The zero-order valence-corrected chi connectivity index (χ0v) is 12.0. The van der Waals surface area contributed by atoms with E-state index < -0.39 is 0 Å². The molecule has 0 saturated heterocycles. The van der Waals surface area contributed by atoms with E-state index in [0.717, 1.165) is 12.8 Å². The SMILES string of the molecule is NC(c1cccc(Br)c1F)C1Cc2ccccc2C1. The van der Waals surface area contributed by atoms with Crippen LogP contribution in [-0.4, -0.2) is 0 Å². The van der Waals surface area contributed by atoms with Gasteiger partial charge in [0.15, 0.2) is 0 Å². The highest BCUT2D eigenvalue weighted by Crippen LogP contribution is 2.35. The lowest BCUT2D eigenvalue weighted by Gasteiger charge is -2.20. The Morgan fingerprint density at radius 1 is 1.05 bits per heavy atom. The van der Waals surface area contributed by atoms with Crippen molar-refractivity contribution in [3.8, 4) is 0 Å². The summed E-state index contributed by atoms with van der Waals surface area (Å²) in [5, 5.41) is 0. The van der Waals surface area contributed by atoms with Crippen LogP contribution >= 0.6 is 15.9 Å². The van der Waals surface area contributed by atoms with E-state index in [1.165, 1.54) is 11.1 Å². The number of rotatable bonds is 2. The Morgan fingerprint density at radius 2 is 1.68 bits per heavy atom. The third kappa shape index (κ3) is 2.33. The third-order valence-electron chi connectivity index (χ3n) is 3.93. The number of nitrogens with two attached hydrogens (primary N) is 1. The van der Waals surface area contributed by atoms with Gasteiger partial charge < -0.3 is 5.73 Å². The molecule has 0 fully saturated rings. The van der Waals surface area contributed by atoms with Gasteiger partial charge >= 0.3 is 0 Å². The normalized spacial score (nSPS) is 16.4. The van der Waals surface area contributed by atoms with Gasteiger partial charge in [0.1, 0.15) is 5.82 Å². The van der Waals surface area contributed by atoms with Crippen molar-refractivity contribution in [1.82, 2.24) is 0 Å². The van der Waals surface area contributed by atoms with Crippen LogP contribution < -0.4 is 5.73 Å². The second-order valence-electron chi connectivity index (χ2n) is 5.11. The van der Waals surface area contributed by atoms with Crippen LogP contribution in [0.15, 0.2) is 46.9 Å². The number of benzene rings is 2. The highest BCUT2D eigenvalue weighted by Gasteiger charge is 2.28. The summed E-state index contributed by atoms with van der Waals surface area (Å²) in [5.41, 5.74) is 9.58. The minimum absolute atomic E-state index is 0.231. The molecule has 0 amide bonds. The van der Waals surface area contributed by atoms with E-state index in [1.54, 1.807) is 12.1 Å². The van der Waals surface area contributed by atoms with Crippen LogP contribution in [0.5, 0.6) is 0 Å². The standard InChI is InChI=1S/C16H15BrFN/c17-14-7-3-6-13(15(14)18)16(19)12-8-10-4-1-2-5-11(10)9-12/h1-7,12,16H,8-9,19H2. The van der Waals surface area contributed by atoms with E-state index >= 15 is 0 Å². The van der Waals surface area contributed by atoms with Gasteiger partial charge in [-0.15, -0.1) is 0 Å². The van der Waals surface area contributed by atoms with E-state index in [0.29, 0.717) is 10.0 Å². The molecule has 98 valence electrons. The number of fused-ring (bicyclic) bond motifs is 1. The molecule has 0 spiro atoms. The quantitative estimate of drug-likeness (QED) is 0.889. The molecule has 0 saturated carbocycles. The van der Waals surface area contributed by atoms with E-state index in [4.69, 9.17) is 5.73 Å². The van der Waals surface area contributed by atoms with Crippen LogP contribution in [0.4, 0.5) is 4.39 Å². The first kappa shape index (κ1) is 12.8. The summed E-state index contributed by atoms with van der Waals surface area (Å²) in [5.74, 6) is 0.0483. The third-order valence-corrected chi connectivity index (χ3v) is 4.54. The first-order valence-corrected chi connectivity index (χ1v) is 7.22. The van der Waals surface area contributed by atoms with Gasteiger partial charge in [-0.2, -0.15) is 0 Å². The number of halogens is 2. The Morgan fingerprint density at radius 3 is 2.32 bits per heavy atom. The molecule has 0 aromatic heterocycles. The Balaban J connectivity index is 1.87. The Bertz CT molecular complexity index is 586.